The van der Waals surface area contributed by atoms with Gasteiger partial charge in [0.15, 0.2) is 6.10 Å². The predicted octanol–water partition coefficient (Wildman–Crippen LogP) is 5.13. The zero-order valence-electron chi connectivity index (χ0n) is 17.5. The normalized spacial score (nSPS) is 18.5. The summed E-state index contributed by atoms with van der Waals surface area (Å²) in [6.45, 7) is 10.2. The van der Waals surface area contributed by atoms with E-state index < -0.39 is 6.10 Å². The molecule has 1 aliphatic heterocycles. The van der Waals surface area contributed by atoms with Gasteiger partial charge in [-0.1, -0.05) is 43.7 Å². The molecule has 0 saturated carbocycles. The number of hydrogen-bond acceptors (Lipinski definition) is 3. The van der Waals surface area contributed by atoms with Crippen molar-refractivity contribution in [3.05, 3.63) is 59.2 Å². The Morgan fingerprint density at radius 3 is 2.57 bits per heavy atom. The quantitative estimate of drug-likeness (QED) is 0.754. The van der Waals surface area contributed by atoms with Gasteiger partial charge in [-0.2, -0.15) is 0 Å². The SMILES string of the molecule is CCc1ccc(O[C@@H](CC)C(=O)N[C@@H]2CC(C)(C)Oc3ccc(C)cc32)cc1. The van der Waals surface area contributed by atoms with Crippen molar-refractivity contribution in [2.75, 3.05) is 0 Å². The smallest absolute Gasteiger partial charge is 0.261 e. The minimum atomic E-state index is -0.522. The van der Waals surface area contributed by atoms with Gasteiger partial charge in [0, 0.05) is 12.0 Å². The van der Waals surface area contributed by atoms with Crippen LogP contribution in [0.4, 0.5) is 0 Å². The van der Waals surface area contributed by atoms with E-state index in [1.165, 1.54) is 5.56 Å². The van der Waals surface area contributed by atoms with Crippen molar-refractivity contribution in [3.63, 3.8) is 0 Å². The maximum absolute atomic E-state index is 13.0. The van der Waals surface area contributed by atoms with E-state index in [1.807, 2.05) is 43.3 Å². The van der Waals surface area contributed by atoms with Gasteiger partial charge >= 0.3 is 0 Å². The Morgan fingerprint density at radius 1 is 1.21 bits per heavy atom. The van der Waals surface area contributed by atoms with Gasteiger partial charge in [-0.3, -0.25) is 4.79 Å². The molecule has 2 atom stereocenters. The molecule has 0 saturated heterocycles. The van der Waals surface area contributed by atoms with E-state index in [4.69, 9.17) is 9.47 Å². The van der Waals surface area contributed by atoms with Crippen LogP contribution in [0.15, 0.2) is 42.5 Å². The second kappa shape index (κ2) is 8.26. The van der Waals surface area contributed by atoms with Crippen LogP contribution in [-0.2, 0) is 11.2 Å². The number of nitrogens with one attached hydrogen (secondary N) is 1. The molecular formula is C24H31NO3. The lowest BCUT2D eigenvalue weighted by molar-refractivity contribution is -0.129. The molecule has 2 aromatic carbocycles. The molecule has 0 aromatic heterocycles. The maximum atomic E-state index is 13.0. The highest BCUT2D eigenvalue weighted by atomic mass is 16.5. The largest absolute Gasteiger partial charge is 0.487 e. The van der Waals surface area contributed by atoms with Gasteiger partial charge in [-0.15, -0.1) is 0 Å². The summed E-state index contributed by atoms with van der Waals surface area (Å²) in [7, 11) is 0. The van der Waals surface area contributed by atoms with E-state index in [2.05, 4.69) is 39.1 Å². The van der Waals surface area contributed by atoms with Gasteiger partial charge in [0.25, 0.3) is 5.91 Å². The number of amides is 1. The van der Waals surface area contributed by atoms with Crippen LogP contribution in [-0.4, -0.2) is 17.6 Å². The molecule has 1 aliphatic rings. The molecule has 0 unspecified atom stereocenters. The van der Waals surface area contributed by atoms with Crippen LogP contribution < -0.4 is 14.8 Å². The lowest BCUT2D eigenvalue weighted by atomic mass is 9.88. The van der Waals surface area contributed by atoms with Crippen molar-refractivity contribution >= 4 is 5.91 Å². The highest BCUT2D eigenvalue weighted by Crippen LogP contribution is 2.40. The van der Waals surface area contributed by atoms with E-state index in [0.29, 0.717) is 6.42 Å². The number of benzene rings is 2. The summed E-state index contributed by atoms with van der Waals surface area (Å²) < 4.78 is 12.1. The first-order chi connectivity index (χ1) is 13.3. The first kappa shape index (κ1) is 20.2. The summed E-state index contributed by atoms with van der Waals surface area (Å²) >= 11 is 0. The monoisotopic (exact) mass is 381 g/mol. The third kappa shape index (κ3) is 4.67. The number of carbonyl (C=O) groups is 1. The Balaban J connectivity index is 1.75. The summed E-state index contributed by atoms with van der Waals surface area (Å²) in [4.78, 5) is 13.0. The van der Waals surface area contributed by atoms with Crippen molar-refractivity contribution < 1.29 is 14.3 Å². The molecule has 0 radical (unpaired) electrons. The van der Waals surface area contributed by atoms with E-state index >= 15 is 0 Å². The Morgan fingerprint density at radius 2 is 1.93 bits per heavy atom. The summed E-state index contributed by atoms with van der Waals surface area (Å²) in [6.07, 6.45) is 1.79. The second-order valence-electron chi connectivity index (χ2n) is 8.18. The Kier molecular flexibility index (Phi) is 5.97. The van der Waals surface area contributed by atoms with Crippen molar-refractivity contribution in [2.45, 2.75) is 71.6 Å². The molecule has 4 nitrogen and oxygen atoms in total. The molecule has 1 heterocycles. The van der Waals surface area contributed by atoms with E-state index in [-0.39, 0.29) is 17.6 Å². The Hall–Kier alpha value is -2.49. The molecule has 0 bridgehead atoms. The average Bonchev–Trinajstić information content (AvgIpc) is 2.66. The van der Waals surface area contributed by atoms with Crippen molar-refractivity contribution in [3.8, 4) is 11.5 Å². The van der Waals surface area contributed by atoms with Crippen molar-refractivity contribution in [1.29, 1.82) is 0 Å². The van der Waals surface area contributed by atoms with Gasteiger partial charge in [0.1, 0.15) is 17.1 Å². The number of aryl methyl sites for hydroxylation is 2. The third-order valence-corrected chi connectivity index (χ3v) is 5.21. The maximum Gasteiger partial charge on any atom is 0.261 e. The molecule has 0 fully saturated rings. The molecule has 0 spiro atoms. The minimum Gasteiger partial charge on any atom is -0.487 e. The van der Waals surface area contributed by atoms with Crippen LogP contribution in [0.1, 0.15) is 63.3 Å². The summed E-state index contributed by atoms with van der Waals surface area (Å²) in [5.41, 5.74) is 3.11. The molecular weight excluding hydrogens is 350 g/mol. The third-order valence-electron chi connectivity index (χ3n) is 5.21. The zero-order valence-corrected chi connectivity index (χ0v) is 17.5. The van der Waals surface area contributed by atoms with E-state index in [0.717, 1.165) is 35.5 Å². The highest BCUT2D eigenvalue weighted by molar-refractivity contribution is 5.81. The van der Waals surface area contributed by atoms with Crippen molar-refractivity contribution in [1.82, 2.24) is 5.32 Å². The van der Waals surface area contributed by atoms with Crippen LogP contribution in [0.3, 0.4) is 0 Å². The lowest BCUT2D eigenvalue weighted by Gasteiger charge is -2.38. The summed E-state index contributed by atoms with van der Waals surface area (Å²) in [5.74, 6) is 1.48. The lowest BCUT2D eigenvalue weighted by Crippen LogP contribution is -2.45. The van der Waals surface area contributed by atoms with Crippen LogP contribution >= 0.6 is 0 Å². The van der Waals surface area contributed by atoms with Gasteiger partial charge in [0.05, 0.1) is 6.04 Å². The molecule has 4 heteroatoms. The fourth-order valence-electron chi connectivity index (χ4n) is 3.66. The summed E-state index contributed by atoms with van der Waals surface area (Å²) in [5, 5.41) is 3.21. The molecule has 0 aliphatic carbocycles. The number of ether oxygens (including phenoxy) is 2. The highest BCUT2D eigenvalue weighted by Gasteiger charge is 2.35. The molecule has 3 rings (SSSR count). The molecule has 28 heavy (non-hydrogen) atoms. The van der Waals surface area contributed by atoms with Crippen molar-refractivity contribution in [2.24, 2.45) is 0 Å². The van der Waals surface area contributed by atoms with Gasteiger partial charge in [0.2, 0.25) is 0 Å². The fraction of sp³-hybridized carbons (Fsp3) is 0.458. The Labute approximate surface area is 168 Å². The first-order valence-electron chi connectivity index (χ1n) is 10.2. The minimum absolute atomic E-state index is 0.0859. The number of carbonyl (C=O) groups excluding carboxylic acids is 1. The fourth-order valence-corrected chi connectivity index (χ4v) is 3.66. The molecule has 1 amide bonds. The standard InChI is InChI=1S/C24H31NO3/c1-6-17-9-11-18(12-10-17)27-21(7-2)23(26)25-20-15-24(4,5)28-22-13-8-16(3)14-19(20)22/h8-14,20-21H,6-7,15H2,1-5H3,(H,25,26)/t20-,21+/m1/s1. The molecule has 1 N–H and O–H groups in total. The number of hydrogen-bond donors (Lipinski definition) is 1. The van der Waals surface area contributed by atoms with Gasteiger partial charge < -0.3 is 14.8 Å². The predicted molar refractivity (Wildman–Crippen MR) is 112 cm³/mol. The van der Waals surface area contributed by atoms with Gasteiger partial charge in [-0.05, 0) is 57.4 Å². The van der Waals surface area contributed by atoms with E-state index in [1.54, 1.807) is 0 Å². The van der Waals surface area contributed by atoms with E-state index in [9.17, 15) is 4.79 Å². The van der Waals surface area contributed by atoms with Crippen LogP contribution in [0.5, 0.6) is 11.5 Å². The molecule has 150 valence electrons. The average molecular weight is 382 g/mol. The topological polar surface area (TPSA) is 47.6 Å². The number of rotatable bonds is 6. The summed E-state index contributed by atoms with van der Waals surface area (Å²) in [6, 6.07) is 14.0. The zero-order chi connectivity index (χ0) is 20.3. The number of fused-ring (bicyclic) bond motifs is 1. The van der Waals surface area contributed by atoms with Crippen LogP contribution in [0.25, 0.3) is 0 Å². The van der Waals surface area contributed by atoms with Crippen LogP contribution in [0, 0.1) is 6.92 Å². The second-order valence-corrected chi connectivity index (χ2v) is 8.18. The van der Waals surface area contributed by atoms with Gasteiger partial charge in [-0.25, -0.2) is 0 Å². The Bertz CT molecular complexity index is 826. The first-order valence-corrected chi connectivity index (χ1v) is 10.2. The molecule has 2 aromatic rings. The van der Waals surface area contributed by atoms with Crippen LogP contribution in [0.2, 0.25) is 0 Å².